The largest absolute Gasteiger partial charge is 0.472 e. The van der Waals surface area contributed by atoms with Crippen LogP contribution in [0.15, 0.2) is 47.3 Å². The molecule has 2 aromatic rings. The summed E-state index contributed by atoms with van der Waals surface area (Å²) < 4.78 is 5.00. The summed E-state index contributed by atoms with van der Waals surface area (Å²) in [4.78, 5) is 10.3. The molecule has 1 atom stereocenters. The van der Waals surface area contributed by atoms with Crippen molar-refractivity contribution in [1.29, 1.82) is 0 Å². The molecule has 0 radical (unpaired) electrons. The van der Waals surface area contributed by atoms with E-state index < -0.39 is 4.92 Å². The smallest absolute Gasteiger partial charge is 0.269 e. The minimum absolute atomic E-state index is 0.114. The monoisotopic (exact) mass is 295 g/mol. The van der Waals surface area contributed by atoms with Gasteiger partial charge in [-0.25, -0.2) is 0 Å². The maximum absolute atomic E-state index is 10.5. The molecule has 0 spiro atoms. The van der Waals surface area contributed by atoms with Crippen molar-refractivity contribution in [2.45, 2.75) is 11.2 Å². The van der Waals surface area contributed by atoms with Crippen LogP contribution in [-0.2, 0) is 6.42 Å². The molecule has 2 rings (SSSR count). The van der Waals surface area contributed by atoms with E-state index in [1.54, 1.807) is 24.7 Å². The molecule has 88 valence electrons. The van der Waals surface area contributed by atoms with Gasteiger partial charge in [-0.1, -0.05) is 28.1 Å². The molecular weight excluding hydrogens is 286 g/mol. The highest BCUT2D eigenvalue weighted by molar-refractivity contribution is 9.09. The Hall–Kier alpha value is -1.62. The number of nitro groups is 1. The van der Waals surface area contributed by atoms with Crippen LogP contribution < -0.4 is 0 Å². The molecular formula is C12H10BrNO3. The number of rotatable bonds is 4. The van der Waals surface area contributed by atoms with E-state index in [2.05, 4.69) is 15.9 Å². The van der Waals surface area contributed by atoms with Crippen LogP contribution in [0.5, 0.6) is 0 Å². The summed E-state index contributed by atoms with van der Waals surface area (Å²) in [5, 5.41) is 10.5. The van der Waals surface area contributed by atoms with Crippen LogP contribution in [0.1, 0.15) is 16.0 Å². The molecule has 0 saturated heterocycles. The lowest BCUT2D eigenvalue weighted by molar-refractivity contribution is -0.384. The molecule has 0 saturated carbocycles. The second-order valence-corrected chi connectivity index (χ2v) is 4.76. The fourth-order valence-electron chi connectivity index (χ4n) is 1.53. The molecule has 1 aromatic heterocycles. The van der Waals surface area contributed by atoms with Crippen LogP contribution in [0.2, 0.25) is 0 Å². The third-order valence-electron chi connectivity index (χ3n) is 2.47. The van der Waals surface area contributed by atoms with E-state index in [0.717, 1.165) is 17.5 Å². The fourth-order valence-corrected chi connectivity index (χ4v) is 2.17. The Kier molecular flexibility index (Phi) is 3.58. The summed E-state index contributed by atoms with van der Waals surface area (Å²) in [5.74, 6) is 0. The minimum atomic E-state index is -0.397. The number of nitrogens with zero attached hydrogens (tertiary/aromatic N) is 1. The number of halogens is 1. The zero-order valence-electron chi connectivity index (χ0n) is 8.88. The SMILES string of the molecule is O=[N+]([O-])c1ccc(CC(Br)c2ccoc2)cc1. The van der Waals surface area contributed by atoms with E-state index in [1.165, 1.54) is 12.1 Å². The Morgan fingerprint density at radius 3 is 2.53 bits per heavy atom. The highest BCUT2D eigenvalue weighted by atomic mass is 79.9. The topological polar surface area (TPSA) is 56.3 Å². The van der Waals surface area contributed by atoms with Crippen LogP contribution >= 0.6 is 15.9 Å². The molecule has 1 unspecified atom stereocenters. The molecule has 5 heteroatoms. The van der Waals surface area contributed by atoms with Crippen LogP contribution in [-0.4, -0.2) is 4.92 Å². The lowest BCUT2D eigenvalue weighted by Gasteiger charge is -2.06. The van der Waals surface area contributed by atoms with Crippen molar-refractivity contribution < 1.29 is 9.34 Å². The van der Waals surface area contributed by atoms with Gasteiger partial charge in [-0.05, 0) is 18.1 Å². The summed E-state index contributed by atoms with van der Waals surface area (Å²) in [6.45, 7) is 0. The average molecular weight is 296 g/mol. The zero-order chi connectivity index (χ0) is 12.3. The Balaban J connectivity index is 2.06. The average Bonchev–Trinajstić information content (AvgIpc) is 2.83. The third kappa shape index (κ3) is 2.94. The predicted octanol–water partition coefficient (Wildman–Crippen LogP) is 3.87. The lowest BCUT2D eigenvalue weighted by atomic mass is 10.1. The van der Waals surface area contributed by atoms with Crippen LogP contribution in [0.25, 0.3) is 0 Å². The summed E-state index contributed by atoms with van der Waals surface area (Å²) >= 11 is 3.56. The molecule has 0 aliphatic rings. The number of hydrogen-bond acceptors (Lipinski definition) is 3. The molecule has 0 aliphatic carbocycles. The molecule has 0 amide bonds. The molecule has 4 nitrogen and oxygen atoms in total. The number of non-ortho nitro benzene ring substituents is 1. The lowest BCUT2D eigenvalue weighted by Crippen LogP contribution is -1.94. The Morgan fingerprint density at radius 1 is 1.29 bits per heavy atom. The van der Waals surface area contributed by atoms with Crippen molar-refractivity contribution >= 4 is 21.6 Å². The van der Waals surface area contributed by atoms with Crippen molar-refractivity contribution in [3.63, 3.8) is 0 Å². The van der Waals surface area contributed by atoms with Crippen molar-refractivity contribution in [2.75, 3.05) is 0 Å². The van der Waals surface area contributed by atoms with Crippen molar-refractivity contribution in [1.82, 2.24) is 0 Å². The molecule has 1 aromatic carbocycles. The zero-order valence-corrected chi connectivity index (χ0v) is 10.5. The van der Waals surface area contributed by atoms with E-state index in [0.29, 0.717) is 0 Å². The standard InChI is InChI=1S/C12H10BrNO3/c13-12(10-5-6-17-8-10)7-9-1-3-11(4-2-9)14(15)16/h1-6,8,12H,7H2. The quantitative estimate of drug-likeness (QED) is 0.489. The van der Waals surface area contributed by atoms with Gasteiger partial charge in [0.25, 0.3) is 5.69 Å². The molecule has 17 heavy (non-hydrogen) atoms. The summed E-state index contributed by atoms with van der Waals surface area (Å²) in [5.41, 5.74) is 2.21. The third-order valence-corrected chi connectivity index (χ3v) is 3.32. The Labute approximate surface area is 107 Å². The van der Waals surface area contributed by atoms with Crippen LogP contribution in [0.3, 0.4) is 0 Å². The number of hydrogen-bond donors (Lipinski definition) is 0. The first-order valence-corrected chi connectivity index (χ1v) is 5.98. The van der Waals surface area contributed by atoms with Gasteiger partial charge in [0.05, 0.1) is 17.4 Å². The maximum Gasteiger partial charge on any atom is 0.269 e. The predicted molar refractivity (Wildman–Crippen MR) is 67.2 cm³/mol. The number of furan rings is 1. The molecule has 0 aliphatic heterocycles. The first-order valence-electron chi connectivity index (χ1n) is 5.06. The van der Waals surface area contributed by atoms with Crippen molar-refractivity contribution in [2.24, 2.45) is 0 Å². The second-order valence-electron chi connectivity index (χ2n) is 3.65. The Morgan fingerprint density at radius 2 is 2.00 bits per heavy atom. The Bertz CT molecular complexity index is 493. The minimum Gasteiger partial charge on any atom is -0.472 e. The normalized spacial score (nSPS) is 12.3. The highest BCUT2D eigenvalue weighted by Crippen LogP contribution is 2.27. The van der Waals surface area contributed by atoms with E-state index in [1.807, 2.05) is 6.07 Å². The van der Waals surface area contributed by atoms with E-state index >= 15 is 0 Å². The molecule has 0 fully saturated rings. The van der Waals surface area contributed by atoms with Gasteiger partial charge in [0.15, 0.2) is 0 Å². The molecule has 0 bridgehead atoms. The number of alkyl halides is 1. The van der Waals surface area contributed by atoms with Gasteiger partial charge in [0.1, 0.15) is 0 Å². The van der Waals surface area contributed by atoms with Crippen LogP contribution in [0.4, 0.5) is 5.69 Å². The number of benzene rings is 1. The summed E-state index contributed by atoms with van der Waals surface area (Å²) in [6, 6.07) is 8.47. The van der Waals surface area contributed by atoms with Gasteiger partial charge in [0, 0.05) is 22.5 Å². The summed E-state index contributed by atoms with van der Waals surface area (Å²) in [6.07, 6.45) is 4.07. The van der Waals surface area contributed by atoms with Gasteiger partial charge in [-0.3, -0.25) is 10.1 Å². The number of nitro benzene ring substituents is 1. The molecule has 1 heterocycles. The fraction of sp³-hybridized carbons (Fsp3) is 0.167. The van der Waals surface area contributed by atoms with Crippen molar-refractivity contribution in [3.05, 3.63) is 64.1 Å². The van der Waals surface area contributed by atoms with Gasteiger partial charge < -0.3 is 4.42 Å². The first kappa shape index (κ1) is 11.9. The van der Waals surface area contributed by atoms with Gasteiger partial charge in [-0.2, -0.15) is 0 Å². The maximum atomic E-state index is 10.5. The highest BCUT2D eigenvalue weighted by Gasteiger charge is 2.11. The van der Waals surface area contributed by atoms with E-state index in [4.69, 9.17) is 4.42 Å². The van der Waals surface area contributed by atoms with Gasteiger partial charge in [-0.15, -0.1) is 0 Å². The van der Waals surface area contributed by atoms with Gasteiger partial charge in [0.2, 0.25) is 0 Å². The van der Waals surface area contributed by atoms with E-state index in [-0.39, 0.29) is 10.5 Å². The second kappa shape index (κ2) is 5.14. The summed E-state index contributed by atoms with van der Waals surface area (Å²) in [7, 11) is 0. The van der Waals surface area contributed by atoms with Gasteiger partial charge >= 0.3 is 0 Å². The van der Waals surface area contributed by atoms with Crippen molar-refractivity contribution in [3.8, 4) is 0 Å². The van der Waals surface area contributed by atoms with Crippen LogP contribution in [0, 0.1) is 10.1 Å². The first-order chi connectivity index (χ1) is 8.16. The van der Waals surface area contributed by atoms with E-state index in [9.17, 15) is 10.1 Å². The molecule has 0 N–H and O–H groups in total.